The van der Waals surface area contributed by atoms with Crippen LogP contribution in [-0.2, 0) is 16.0 Å². The van der Waals surface area contributed by atoms with E-state index in [2.05, 4.69) is 13.8 Å². The van der Waals surface area contributed by atoms with Crippen molar-refractivity contribution in [1.29, 1.82) is 0 Å². The number of carbonyl (C=O) groups is 2. The van der Waals surface area contributed by atoms with Crippen LogP contribution in [0.15, 0.2) is 46.3 Å². The second-order valence-electron chi connectivity index (χ2n) is 7.32. The van der Waals surface area contributed by atoms with Crippen molar-refractivity contribution >= 4 is 11.8 Å². The number of furan rings is 1. The Kier molecular flexibility index (Phi) is 5.81. The molecular formula is C20H26O4. The van der Waals surface area contributed by atoms with E-state index in [0.717, 1.165) is 24.0 Å². The van der Waals surface area contributed by atoms with Gasteiger partial charge in [-0.25, -0.2) is 4.79 Å². The van der Waals surface area contributed by atoms with Gasteiger partial charge in [-0.2, -0.15) is 0 Å². The fourth-order valence-corrected chi connectivity index (χ4v) is 3.66. The summed E-state index contributed by atoms with van der Waals surface area (Å²) in [5.74, 6) is -0.441. The molecule has 1 heterocycles. The Balaban J connectivity index is 1.99. The minimum Gasteiger partial charge on any atom is -0.478 e. The number of carboxylic acid groups (broad SMARTS) is 1. The minimum atomic E-state index is -0.853. The molecule has 1 aliphatic carbocycles. The zero-order valence-corrected chi connectivity index (χ0v) is 14.7. The number of hydrogen-bond donors (Lipinski definition) is 1. The van der Waals surface area contributed by atoms with Crippen LogP contribution in [0, 0.1) is 11.3 Å². The maximum Gasteiger partial charge on any atom is 0.331 e. The van der Waals surface area contributed by atoms with E-state index in [4.69, 9.17) is 4.42 Å². The first-order chi connectivity index (χ1) is 11.3. The number of carbonyl (C=O) groups excluding carboxylic acids is 1. The average Bonchev–Trinajstić information content (AvgIpc) is 2.96. The molecule has 1 aromatic heterocycles. The molecule has 2 rings (SSSR count). The fourth-order valence-electron chi connectivity index (χ4n) is 3.66. The zero-order chi connectivity index (χ0) is 17.7. The summed E-state index contributed by atoms with van der Waals surface area (Å²) >= 11 is 0. The maximum absolute atomic E-state index is 11.7. The van der Waals surface area contributed by atoms with Crippen molar-refractivity contribution in [3.8, 4) is 0 Å². The lowest BCUT2D eigenvalue weighted by molar-refractivity contribution is -0.133. The molecule has 1 aromatic rings. The molecule has 0 aromatic carbocycles. The fraction of sp³-hybridized carbons (Fsp3) is 0.500. The molecule has 0 amide bonds. The highest BCUT2D eigenvalue weighted by Gasteiger charge is 2.35. The Morgan fingerprint density at radius 2 is 2.21 bits per heavy atom. The van der Waals surface area contributed by atoms with E-state index in [1.165, 1.54) is 0 Å². The van der Waals surface area contributed by atoms with Gasteiger partial charge in [0.2, 0.25) is 0 Å². The van der Waals surface area contributed by atoms with Crippen molar-refractivity contribution in [3.63, 3.8) is 0 Å². The number of rotatable bonds is 7. The van der Waals surface area contributed by atoms with Crippen LogP contribution in [-0.4, -0.2) is 16.9 Å². The molecule has 1 aliphatic rings. The molecule has 0 spiro atoms. The second kappa shape index (κ2) is 7.65. The highest BCUT2D eigenvalue weighted by molar-refractivity contribution is 5.92. The summed E-state index contributed by atoms with van der Waals surface area (Å²) in [6.07, 6.45) is 10.1. The molecule has 0 fully saturated rings. The van der Waals surface area contributed by atoms with Gasteiger partial charge in [0.15, 0.2) is 5.78 Å². The number of carboxylic acids is 1. The van der Waals surface area contributed by atoms with Gasteiger partial charge in [0, 0.05) is 12.0 Å². The van der Waals surface area contributed by atoms with Gasteiger partial charge in [0.05, 0.1) is 12.5 Å². The van der Waals surface area contributed by atoms with Crippen LogP contribution in [0.1, 0.15) is 52.0 Å². The largest absolute Gasteiger partial charge is 0.478 e. The summed E-state index contributed by atoms with van der Waals surface area (Å²) < 4.78 is 5.02. The van der Waals surface area contributed by atoms with Crippen molar-refractivity contribution in [2.75, 3.05) is 0 Å². The zero-order valence-electron chi connectivity index (χ0n) is 14.7. The Morgan fingerprint density at radius 1 is 1.46 bits per heavy atom. The van der Waals surface area contributed by atoms with Crippen LogP contribution in [0.2, 0.25) is 0 Å². The van der Waals surface area contributed by atoms with E-state index < -0.39 is 5.97 Å². The molecule has 1 atom stereocenters. The number of ketones is 1. The van der Waals surface area contributed by atoms with Crippen molar-refractivity contribution in [2.45, 2.75) is 52.9 Å². The molecule has 0 saturated carbocycles. The normalized spacial score (nSPS) is 20.8. The first-order valence-electron chi connectivity index (χ1n) is 8.44. The molecule has 1 N–H and O–H groups in total. The highest BCUT2D eigenvalue weighted by Crippen LogP contribution is 2.42. The number of hydrogen-bond acceptors (Lipinski definition) is 3. The van der Waals surface area contributed by atoms with Gasteiger partial charge in [0.25, 0.3) is 0 Å². The van der Waals surface area contributed by atoms with E-state index in [0.29, 0.717) is 24.8 Å². The summed E-state index contributed by atoms with van der Waals surface area (Å²) in [4.78, 5) is 23.2. The van der Waals surface area contributed by atoms with Crippen molar-refractivity contribution in [3.05, 3.63) is 47.5 Å². The van der Waals surface area contributed by atoms with E-state index in [-0.39, 0.29) is 17.1 Å². The minimum absolute atomic E-state index is 0.115. The average molecular weight is 330 g/mol. The number of aryl methyl sites for hydroxylation is 1. The summed E-state index contributed by atoms with van der Waals surface area (Å²) in [6, 6.07) is 1.89. The summed E-state index contributed by atoms with van der Waals surface area (Å²) in [5, 5.41) is 9.44. The quantitative estimate of drug-likeness (QED) is 0.744. The smallest absolute Gasteiger partial charge is 0.331 e. The molecule has 0 aliphatic heterocycles. The number of aliphatic carboxylic acids is 1. The monoisotopic (exact) mass is 330 g/mol. The molecule has 0 saturated heterocycles. The standard InChI is InChI=1S/C20H26O4/c1-14-11-17(21)12-20(2,3)18(14)8-7-16(19(22)23)6-4-5-15-9-10-24-13-15/h6,9-11,13,18H,4-5,7-8,12H2,1-3H3,(H,22,23)/t18-/m1/s1. The Hall–Kier alpha value is -2.10. The van der Waals surface area contributed by atoms with Gasteiger partial charge in [0.1, 0.15) is 0 Å². The molecule has 24 heavy (non-hydrogen) atoms. The van der Waals surface area contributed by atoms with E-state index >= 15 is 0 Å². The molecule has 0 bridgehead atoms. The predicted octanol–water partition coefficient (Wildman–Crippen LogP) is 4.56. The van der Waals surface area contributed by atoms with Crippen LogP contribution >= 0.6 is 0 Å². The van der Waals surface area contributed by atoms with Crippen LogP contribution in [0.3, 0.4) is 0 Å². The first kappa shape index (κ1) is 18.2. The lowest BCUT2D eigenvalue weighted by atomic mass is 9.66. The third-order valence-electron chi connectivity index (χ3n) is 4.89. The lowest BCUT2D eigenvalue weighted by Gasteiger charge is -2.37. The molecular weight excluding hydrogens is 304 g/mol. The maximum atomic E-state index is 11.7. The second-order valence-corrected chi connectivity index (χ2v) is 7.32. The Bertz CT molecular complexity index is 647. The van der Waals surface area contributed by atoms with E-state index in [1.807, 2.05) is 19.1 Å². The predicted molar refractivity (Wildman–Crippen MR) is 92.6 cm³/mol. The van der Waals surface area contributed by atoms with Gasteiger partial charge in [-0.05, 0) is 61.6 Å². The van der Waals surface area contributed by atoms with Crippen molar-refractivity contribution in [2.24, 2.45) is 11.3 Å². The Labute approximate surface area is 143 Å². The van der Waals surface area contributed by atoms with Crippen LogP contribution in [0.4, 0.5) is 0 Å². The molecule has 4 nitrogen and oxygen atoms in total. The highest BCUT2D eigenvalue weighted by atomic mass is 16.4. The van der Waals surface area contributed by atoms with Crippen LogP contribution in [0.25, 0.3) is 0 Å². The van der Waals surface area contributed by atoms with Crippen molar-refractivity contribution in [1.82, 2.24) is 0 Å². The molecule has 0 unspecified atom stereocenters. The van der Waals surface area contributed by atoms with Gasteiger partial charge in [-0.3, -0.25) is 4.79 Å². The summed E-state index contributed by atoms with van der Waals surface area (Å²) in [5.41, 5.74) is 2.48. The molecule has 0 radical (unpaired) electrons. The van der Waals surface area contributed by atoms with Gasteiger partial charge in [-0.1, -0.05) is 25.5 Å². The van der Waals surface area contributed by atoms with Gasteiger partial charge < -0.3 is 9.52 Å². The third-order valence-corrected chi connectivity index (χ3v) is 4.89. The topological polar surface area (TPSA) is 67.5 Å². The van der Waals surface area contributed by atoms with E-state index in [1.54, 1.807) is 18.6 Å². The third kappa shape index (κ3) is 4.70. The van der Waals surface area contributed by atoms with Gasteiger partial charge in [-0.15, -0.1) is 0 Å². The summed E-state index contributed by atoms with van der Waals surface area (Å²) in [6.45, 7) is 6.16. The lowest BCUT2D eigenvalue weighted by Crippen LogP contribution is -2.32. The Morgan fingerprint density at radius 3 is 2.79 bits per heavy atom. The van der Waals surface area contributed by atoms with Crippen LogP contribution < -0.4 is 0 Å². The first-order valence-corrected chi connectivity index (χ1v) is 8.44. The number of allylic oxidation sites excluding steroid dienone is 3. The molecule has 4 heteroatoms. The summed E-state index contributed by atoms with van der Waals surface area (Å²) in [7, 11) is 0. The van der Waals surface area contributed by atoms with Crippen molar-refractivity contribution < 1.29 is 19.1 Å². The molecule has 130 valence electrons. The SMILES string of the molecule is CC1=CC(=O)CC(C)(C)[C@@H]1CCC(=CCCc1ccoc1)C(=O)O. The van der Waals surface area contributed by atoms with Crippen LogP contribution in [0.5, 0.6) is 0 Å². The van der Waals surface area contributed by atoms with Gasteiger partial charge >= 0.3 is 5.97 Å². The van der Waals surface area contributed by atoms with E-state index in [9.17, 15) is 14.7 Å².